The van der Waals surface area contributed by atoms with Crippen LogP contribution in [0.2, 0.25) is 0 Å². The number of nitrogens with zero attached hydrogens (tertiary/aromatic N) is 4. The van der Waals surface area contributed by atoms with Crippen LogP contribution in [0.4, 0.5) is 0 Å². The molecule has 3 aromatic carbocycles. The molecular formula is C36H42N4O3S. The highest BCUT2D eigenvalue weighted by atomic mass is 32.2. The van der Waals surface area contributed by atoms with Gasteiger partial charge in [0.25, 0.3) is 5.91 Å². The molecule has 230 valence electrons. The number of hydrogen-bond donors (Lipinski definition) is 0. The summed E-state index contributed by atoms with van der Waals surface area (Å²) in [6, 6.07) is 27.5. The molecule has 3 fully saturated rings. The van der Waals surface area contributed by atoms with Crippen molar-refractivity contribution in [3.05, 3.63) is 95.8 Å². The zero-order valence-corrected chi connectivity index (χ0v) is 26.5. The van der Waals surface area contributed by atoms with Crippen LogP contribution in [-0.2, 0) is 15.3 Å². The Morgan fingerprint density at radius 2 is 1.52 bits per heavy atom. The van der Waals surface area contributed by atoms with Crippen LogP contribution in [0.15, 0.2) is 83.8 Å². The molecule has 0 spiro atoms. The predicted octanol–water partition coefficient (Wildman–Crippen LogP) is 6.18. The van der Waals surface area contributed by atoms with Crippen LogP contribution in [0.5, 0.6) is 0 Å². The number of benzene rings is 3. The van der Waals surface area contributed by atoms with E-state index in [0.717, 1.165) is 74.2 Å². The van der Waals surface area contributed by atoms with Crippen LogP contribution in [-0.4, -0.2) is 71.6 Å². The highest BCUT2D eigenvalue weighted by molar-refractivity contribution is 7.90. The van der Waals surface area contributed by atoms with Crippen LogP contribution < -0.4 is 0 Å². The number of carbonyl (C=O) groups is 1. The van der Waals surface area contributed by atoms with Crippen molar-refractivity contribution in [2.45, 2.75) is 80.3 Å². The molecule has 4 heterocycles. The average molecular weight is 611 g/mol. The number of hydrogen-bond acceptors (Lipinski definition) is 5. The quantitative estimate of drug-likeness (QED) is 0.250. The zero-order valence-electron chi connectivity index (χ0n) is 25.7. The Morgan fingerprint density at radius 1 is 0.886 bits per heavy atom. The van der Waals surface area contributed by atoms with Crippen molar-refractivity contribution in [3.63, 3.8) is 0 Å². The molecular weight excluding hydrogens is 568 g/mol. The maximum absolute atomic E-state index is 13.2. The minimum Gasteiger partial charge on any atom is -0.339 e. The first-order chi connectivity index (χ1) is 21.2. The number of fused-ring (bicyclic) bond motifs is 3. The van der Waals surface area contributed by atoms with E-state index in [1.807, 2.05) is 48.2 Å². The van der Waals surface area contributed by atoms with E-state index >= 15 is 0 Å². The number of amides is 1. The summed E-state index contributed by atoms with van der Waals surface area (Å²) in [6.07, 6.45) is 8.95. The fraction of sp³-hybridized carbons (Fsp3) is 0.444. The normalized spacial score (nSPS) is 23.7. The topological polar surface area (TPSA) is 75.5 Å². The largest absolute Gasteiger partial charge is 0.339 e. The number of rotatable bonds is 7. The lowest BCUT2D eigenvalue weighted by Crippen LogP contribution is -2.49. The molecule has 0 aliphatic carbocycles. The van der Waals surface area contributed by atoms with Crippen LogP contribution >= 0.6 is 0 Å². The molecule has 0 saturated carbocycles. The van der Waals surface area contributed by atoms with Gasteiger partial charge in [-0.1, -0.05) is 48.5 Å². The molecule has 1 aromatic heterocycles. The zero-order chi connectivity index (χ0) is 30.5. The van der Waals surface area contributed by atoms with Gasteiger partial charge in [-0.25, -0.2) is 13.4 Å². The molecule has 3 saturated heterocycles. The summed E-state index contributed by atoms with van der Waals surface area (Å²) in [7, 11) is -3.27. The highest BCUT2D eigenvalue weighted by Gasteiger charge is 2.44. The number of piperidine rings is 2. The lowest BCUT2D eigenvalue weighted by atomic mass is 9.70. The van der Waals surface area contributed by atoms with Crippen molar-refractivity contribution < 1.29 is 13.2 Å². The third-order valence-corrected chi connectivity index (χ3v) is 11.9. The van der Waals surface area contributed by atoms with Gasteiger partial charge in [0.05, 0.1) is 15.9 Å². The Balaban J connectivity index is 1.07. The smallest absolute Gasteiger partial charge is 0.253 e. The van der Waals surface area contributed by atoms with E-state index in [1.165, 1.54) is 24.7 Å². The summed E-state index contributed by atoms with van der Waals surface area (Å²) in [6.45, 7) is 4.69. The van der Waals surface area contributed by atoms with Gasteiger partial charge in [0.2, 0.25) is 0 Å². The monoisotopic (exact) mass is 610 g/mol. The fourth-order valence-electron chi connectivity index (χ4n) is 8.43. The van der Waals surface area contributed by atoms with Gasteiger partial charge in [-0.3, -0.25) is 9.69 Å². The van der Waals surface area contributed by atoms with Crippen LogP contribution in [0, 0.1) is 6.92 Å². The van der Waals surface area contributed by atoms with Gasteiger partial charge in [-0.2, -0.15) is 0 Å². The van der Waals surface area contributed by atoms with Crippen molar-refractivity contribution in [2.24, 2.45) is 0 Å². The van der Waals surface area contributed by atoms with Crippen LogP contribution in [0.25, 0.3) is 11.0 Å². The molecule has 7 nitrogen and oxygen atoms in total. The van der Waals surface area contributed by atoms with Gasteiger partial charge >= 0.3 is 0 Å². The number of likely N-dealkylation sites (tertiary alicyclic amines) is 1. The van der Waals surface area contributed by atoms with Gasteiger partial charge in [0.1, 0.15) is 5.82 Å². The lowest BCUT2D eigenvalue weighted by molar-refractivity contribution is 0.0607. The van der Waals surface area contributed by atoms with Gasteiger partial charge in [0.15, 0.2) is 9.84 Å². The van der Waals surface area contributed by atoms with E-state index in [0.29, 0.717) is 23.0 Å². The predicted molar refractivity (Wildman–Crippen MR) is 174 cm³/mol. The third-order valence-electron chi connectivity index (χ3n) is 10.8. The molecule has 0 unspecified atom stereocenters. The molecule has 3 atom stereocenters. The number of imidazole rings is 1. The van der Waals surface area contributed by atoms with E-state index in [9.17, 15) is 13.2 Å². The first-order valence-corrected chi connectivity index (χ1v) is 18.0. The maximum Gasteiger partial charge on any atom is 0.253 e. The van der Waals surface area contributed by atoms with Crippen molar-refractivity contribution >= 4 is 26.8 Å². The number of sulfone groups is 1. The molecule has 44 heavy (non-hydrogen) atoms. The Labute approximate surface area is 260 Å². The van der Waals surface area contributed by atoms with Crippen molar-refractivity contribution in [3.8, 4) is 0 Å². The summed E-state index contributed by atoms with van der Waals surface area (Å²) in [4.78, 5) is 23.2. The Morgan fingerprint density at radius 3 is 2.16 bits per heavy atom. The summed E-state index contributed by atoms with van der Waals surface area (Å²) < 4.78 is 26.6. The summed E-state index contributed by atoms with van der Waals surface area (Å²) >= 11 is 0. The van der Waals surface area contributed by atoms with Gasteiger partial charge < -0.3 is 9.47 Å². The Hall–Kier alpha value is -3.49. The summed E-state index contributed by atoms with van der Waals surface area (Å²) in [5.41, 5.74) is 4.05. The second-order valence-electron chi connectivity index (χ2n) is 13.3. The third kappa shape index (κ3) is 5.36. The second kappa shape index (κ2) is 11.5. The summed E-state index contributed by atoms with van der Waals surface area (Å²) in [5.74, 6) is 1.10. The molecule has 0 radical (unpaired) electrons. The molecule has 3 aliphatic rings. The highest BCUT2D eigenvalue weighted by Crippen LogP contribution is 2.45. The lowest BCUT2D eigenvalue weighted by Gasteiger charge is -2.45. The van der Waals surface area contributed by atoms with E-state index in [2.05, 4.69) is 39.8 Å². The van der Waals surface area contributed by atoms with Crippen molar-refractivity contribution in [2.75, 3.05) is 25.9 Å². The van der Waals surface area contributed by atoms with Crippen molar-refractivity contribution in [1.82, 2.24) is 19.4 Å². The van der Waals surface area contributed by atoms with E-state index in [4.69, 9.17) is 4.98 Å². The minimum atomic E-state index is -3.27. The number of aromatic nitrogens is 2. The molecule has 3 aliphatic heterocycles. The number of carbonyl (C=O) groups excluding carboxylic acids is 1. The van der Waals surface area contributed by atoms with Crippen LogP contribution in [0.1, 0.15) is 72.7 Å². The van der Waals surface area contributed by atoms with Crippen LogP contribution in [0.3, 0.4) is 0 Å². The van der Waals surface area contributed by atoms with Gasteiger partial charge in [-0.15, -0.1) is 0 Å². The fourth-order valence-corrected chi connectivity index (χ4v) is 9.07. The molecule has 8 heteroatoms. The minimum absolute atomic E-state index is 0.0689. The molecule has 2 bridgehead atoms. The Kier molecular flexibility index (Phi) is 7.61. The van der Waals surface area contributed by atoms with Crippen molar-refractivity contribution in [1.29, 1.82) is 0 Å². The average Bonchev–Trinajstić information content (AvgIpc) is 3.50. The molecule has 1 amide bonds. The maximum atomic E-state index is 13.2. The SMILES string of the molecule is Cc1nc2cc(S(C)(=O)=O)ccc2n1[C@@H]1C[C@H]2CC[C@@H](C1)N2CCC1(c2ccccc2)CCN(C(=O)c2ccccc2)CC1. The molecule has 0 N–H and O–H groups in total. The van der Waals surface area contributed by atoms with E-state index in [1.54, 1.807) is 12.1 Å². The first-order valence-electron chi connectivity index (χ1n) is 16.1. The van der Waals surface area contributed by atoms with Gasteiger partial charge in [-0.05, 0) is 99.7 Å². The standard InChI is InChI=1S/C36H42N4O3S/c1-26-37-33-25-32(44(2,42)43)15-16-34(33)40(26)31-23-29-13-14-30(24-31)39(29)22-19-36(28-11-7-4-8-12-28)17-20-38(21-18-36)35(41)27-9-5-3-6-10-27/h3-12,15-16,25,29-31H,13-14,17-24H2,1-2H3/t29-,30+,31-. The van der Waals surface area contributed by atoms with Gasteiger partial charge in [0, 0.05) is 43.0 Å². The van der Waals surface area contributed by atoms with E-state index in [-0.39, 0.29) is 11.3 Å². The first kappa shape index (κ1) is 29.2. The second-order valence-corrected chi connectivity index (χ2v) is 15.3. The molecule has 7 rings (SSSR count). The number of aryl methyl sites for hydroxylation is 1. The molecule has 4 aromatic rings. The summed E-state index contributed by atoms with van der Waals surface area (Å²) in [5, 5.41) is 0. The van der Waals surface area contributed by atoms with E-state index < -0.39 is 9.84 Å². The Bertz CT molecular complexity index is 1750.